The van der Waals surface area contributed by atoms with Gasteiger partial charge in [0.2, 0.25) is 0 Å². The van der Waals surface area contributed by atoms with Crippen LogP contribution < -0.4 is 0 Å². The highest BCUT2D eigenvalue weighted by Gasteiger charge is 2.17. The quantitative estimate of drug-likeness (QED) is 0.652. The van der Waals surface area contributed by atoms with Gasteiger partial charge < -0.3 is 4.74 Å². The molecule has 0 aromatic heterocycles. The van der Waals surface area contributed by atoms with E-state index in [0.717, 1.165) is 12.5 Å². The van der Waals surface area contributed by atoms with Crippen molar-refractivity contribution < 1.29 is 17.9 Å². The summed E-state index contributed by atoms with van der Waals surface area (Å²) in [7, 11) is 0. The van der Waals surface area contributed by atoms with Crippen molar-refractivity contribution in [3.05, 3.63) is 41.4 Å². The molecule has 0 radical (unpaired) electrons. The number of rotatable bonds is 1. The third kappa shape index (κ3) is 1.84. The first-order valence-electron chi connectivity index (χ1n) is 4.64. The fourth-order valence-electron chi connectivity index (χ4n) is 1.54. The number of hydrogen-bond acceptors (Lipinski definition) is 1. The van der Waals surface area contributed by atoms with E-state index < -0.39 is 17.5 Å². The lowest BCUT2D eigenvalue weighted by Gasteiger charge is -2.14. The van der Waals surface area contributed by atoms with Crippen molar-refractivity contribution in [3.63, 3.8) is 0 Å². The molecule has 0 fully saturated rings. The molecule has 80 valence electrons. The Balaban J connectivity index is 2.44. The van der Waals surface area contributed by atoms with Crippen molar-refractivity contribution in [1.29, 1.82) is 0 Å². The normalized spacial score (nSPS) is 15.8. The van der Waals surface area contributed by atoms with Gasteiger partial charge in [0.25, 0.3) is 0 Å². The van der Waals surface area contributed by atoms with Crippen LogP contribution in [0.1, 0.15) is 18.4 Å². The Kier molecular flexibility index (Phi) is 2.66. The summed E-state index contributed by atoms with van der Waals surface area (Å²) < 4.78 is 43.9. The number of hydrogen-bond donors (Lipinski definition) is 0. The molecule has 0 saturated heterocycles. The Labute approximate surface area is 85.2 Å². The van der Waals surface area contributed by atoms with Crippen molar-refractivity contribution in [2.75, 3.05) is 6.61 Å². The molecule has 0 atom stereocenters. The summed E-state index contributed by atoms with van der Waals surface area (Å²) in [4.78, 5) is 0. The average molecular weight is 214 g/mol. The molecule has 1 heterocycles. The van der Waals surface area contributed by atoms with E-state index in [0.29, 0.717) is 18.6 Å². The second-order valence-corrected chi connectivity index (χ2v) is 3.34. The van der Waals surface area contributed by atoms with Gasteiger partial charge in [-0.1, -0.05) is 0 Å². The van der Waals surface area contributed by atoms with E-state index in [-0.39, 0.29) is 5.56 Å². The summed E-state index contributed by atoms with van der Waals surface area (Å²) in [6.45, 7) is 0.578. The summed E-state index contributed by atoms with van der Waals surface area (Å²) in [5.74, 6) is -3.75. The van der Waals surface area contributed by atoms with Crippen LogP contribution in [0.15, 0.2) is 18.4 Å². The van der Waals surface area contributed by atoms with Crippen molar-refractivity contribution in [2.45, 2.75) is 12.8 Å². The van der Waals surface area contributed by atoms with Gasteiger partial charge in [-0.2, -0.15) is 0 Å². The van der Waals surface area contributed by atoms with E-state index in [2.05, 4.69) is 0 Å². The fourth-order valence-corrected chi connectivity index (χ4v) is 1.54. The van der Waals surface area contributed by atoms with E-state index >= 15 is 0 Å². The third-order valence-corrected chi connectivity index (χ3v) is 2.32. The maximum Gasteiger partial charge on any atom is 0.195 e. The number of benzene rings is 1. The van der Waals surface area contributed by atoms with E-state index in [1.165, 1.54) is 12.3 Å². The molecule has 4 heteroatoms. The number of halogens is 3. The molecule has 0 bridgehead atoms. The zero-order valence-electron chi connectivity index (χ0n) is 7.90. The van der Waals surface area contributed by atoms with Gasteiger partial charge in [0, 0.05) is 5.56 Å². The average Bonchev–Trinajstić information content (AvgIpc) is 2.27. The van der Waals surface area contributed by atoms with Crippen LogP contribution in [0, 0.1) is 17.5 Å². The molecule has 0 spiro atoms. The predicted octanol–water partition coefficient (Wildman–Crippen LogP) is 3.26. The van der Waals surface area contributed by atoms with Crippen LogP contribution in [0.3, 0.4) is 0 Å². The molecule has 2 rings (SSSR count). The summed E-state index contributed by atoms with van der Waals surface area (Å²) in [5.41, 5.74) is 0.645. The molecule has 1 aliphatic heterocycles. The van der Waals surface area contributed by atoms with Gasteiger partial charge >= 0.3 is 0 Å². The first-order valence-corrected chi connectivity index (χ1v) is 4.64. The lowest BCUT2D eigenvalue weighted by Crippen LogP contribution is -2.02. The first-order chi connectivity index (χ1) is 7.20. The molecular weight excluding hydrogens is 205 g/mol. The second-order valence-electron chi connectivity index (χ2n) is 3.34. The minimum Gasteiger partial charge on any atom is -0.501 e. The van der Waals surface area contributed by atoms with Crippen LogP contribution in [0.2, 0.25) is 0 Å². The lowest BCUT2D eigenvalue weighted by molar-refractivity contribution is 0.235. The van der Waals surface area contributed by atoms with Crippen LogP contribution in [-0.2, 0) is 4.74 Å². The smallest absolute Gasteiger partial charge is 0.195 e. The molecule has 1 aliphatic rings. The van der Waals surface area contributed by atoms with Gasteiger partial charge in [-0.05, 0) is 30.5 Å². The summed E-state index contributed by atoms with van der Waals surface area (Å²) in [6.07, 6.45) is 2.77. The molecule has 1 aromatic carbocycles. The zero-order valence-corrected chi connectivity index (χ0v) is 7.90. The highest BCUT2D eigenvalue weighted by molar-refractivity contribution is 5.65. The van der Waals surface area contributed by atoms with Crippen molar-refractivity contribution >= 4 is 5.57 Å². The van der Waals surface area contributed by atoms with E-state index in [9.17, 15) is 13.2 Å². The summed E-state index contributed by atoms with van der Waals surface area (Å²) >= 11 is 0. The SMILES string of the molecule is Fc1ccc(C2=COCCC2)c(F)c1F. The Hall–Kier alpha value is -1.45. The topological polar surface area (TPSA) is 9.23 Å². The molecule has 1 aromatic rings. The monoisotopic (exact) mass is 214 g/mol. The largest absolute Gasteiger partial charge is 0.501 e. The highest BCUT2D eigenvalue weighted by Crippen LogP contribution is 2.27. The number of ether oxygens (including phenoxy) is 1. The maximum absolute atomic E-state index is 13.3. The van der Waals surface area contributed by atoms with Crippen molar-refractivity contribution in [3.8, 4) is 0 Å². The van der Waals surface area contributed by atoms with Gasteiger partial charge in [-0.25, -0.2) is 13.2 Å². The Morgan fingerprint density at radius 2 is 1.87 bits per heavy atom. The minimum absolute atomic E-state index is 0.0774. The summed E-state index contributed by atoms with van der Waals surface area (Å²) in [6, 6.07) is 2.15. The van der Waals surface area contributed by atoms with Crippen LogP contribution in [0.5, 0.6) is 0 Å². The van der Waals surface area contributed by atoms with Crippen LogP contribution in [-0.4, -0.2) is 6.61 Å². The maximum atomic E-state index is 13.3. The van der Waals surface area contributed by atoms with Crippen LogP contribution in [0.4, 0.5) is 13.2 Å². The van der Waals surface area contributed by atoms with Gasteiger partial charge in [0.05, 0.1) is 12.9 Å². The molecular formula is C11H9F3O. The standard InChI is InChI=1S/C11H9F3O/c12-9-4-3-8(10(13)11(9)14)7-2-1-5-15-6-7/h3-4,6H,1-2,5H2. The van der Waals surface area contributed by atoms with Gasteiger partial charge in [0.1, 0.15) is 0 Å². The minimum atomic E-state index is -1.43. The number of allylic oxidation sites excluding steroid dienone is 1. The van der Waals surface area contributed by atoms with E-state index in [1.54, 1.807) is 0 Å². The van der Waals surface area contributed by atoms with E-state index in [1.807, 2.05) is 0 Å². The lowest BCUT2D eigenvalue weighted by atomic mass is 10.0. The molecule has 15 heavy (non-hydrogen) atoms. The predicted molar refractivity (Wildman–Crippen MR) is 49.5 cm³/mol. The second kappa shape index (κ2) is 3.96. The zero-order chi connectivity index (χ0) is 10.8. The Morgan fingerprint density at radius 1 is 1.07 bits per heavy atom. The fraction of sp³-hybridized carbons (Fsp3) is 0.273. The summed E-state index contributed by atoms with van der Waals surface area (Å²) in [5, 5.41) is 0. The van der Waals surface area contributed by atoms with Gasteiger partial charge in [0.15, 0.2) is 17.5 Å². The molecule has 0 saturated carbocycles. The van der Waals surface area contributed by atoms with Gasteiger partial charge in [-0.3, -0.25) is 0 Å². The van der Waals surface area contributed by atoms with Gasteiger partial charge in [-0.15, -0.1) is 0 Å². The van der Waals surface area contributed by atoms with Crippen molar-refractivity contribution in [2.24, 2.45) is 0 Å². The first kappa shape index (κ1) is 10.1. The third-order valence-electron chi connectivity index (χ3n) is 2.32. The molecule has 1 nitrogen and oxygen atoms in total. The Morgan fingerprint density at radius 3 is 2.53 bits per heavy atom. The highest BCUT2D eigenvalue weighted by atomic mass is 19.2. The van der Waals surface area contributed by atoms with Crippen molar-refractivity contribution in [1.82, 2.24) is 0 Å². The molecule has 0 amide bonds. The van der Waals surface area contributed by atoms with Crippen LogP contribution >= 0.6 is 0 Å². The Bertz CT molecular complexity index is 413. The van der Waals surface area contributed by atoms with Crippen LogP contribution in [0.25, 0.3) is 5.57 Å². The molecule has 0 N–H and O–H groups in total. The molecule has 0 unspecified atom stereocenters. The van der Waals surface area contributed by atoms with E-state index in [4.69, 9.17) is 4.74 Å². The molecule has 0 aliphatic carbocycles.